The van der Waals surface area contributed by atoms with Crippen molar-refractivity contribution in [2.24, 2.45) is 0 Å². The van der Waals surface area contributed by atoms with Crippen LogP contribution in [0.2, 0.25) is 0 Å². The highest BCUT2D eigenvalue weighted by Crippen LogP contribution is 2.21. The molecule has 0 saturated carbocycles. The van der Waals surface area contributed by atoms with Gasteiger partial charge in [-0.1, -0.05) is 6.08 Å². The zero-order valence-electron chi connectivity index (χ0n) is 9.82. The van der Waals surface area contributed by atoms with E-state index in [1.165, 1.54) is 12.2 Å². The Morgan fingerprint density at radius 1 is 1.35 bits per heavy atom. The Morgan fingerprint density at radius 3 is 2.71 bits per heavy atom. The SMILES string of the molecule is CN1CCN(C2C=CC(F)=CC2)CC1C(F)F. The summed E-state index contributed by atoms with van der Waals surface area (Å²) in [5.41, 5.74) is 0. The largest absolute Gasteiger partial charge is 0.296 e. The summed E-state index contributed by atoms with van der Waals surface area (Å²) in [5.74, 6) is -0.235. The highest BCUT2D eigenvalue weighted by atomic mass is 19.3. The van der Waals surface area contributed by atoms with Crippen LogP contribution in [-0.4, -0.2) is 55.0 Å². The highest BCUT2D eigenvalue weighted by Gasteiger charge is 2.33. The Kier molecular flexibility index (Phi) is 3.89. The van der Waals surface area contributed by atoms with Gasteiger partial charge >= 0.3 is 0 Å². The van der Waals surface area contributed by atoms with E-state index in [-0.39, 0.29) is 11.9 Å². The van der Waals surface area contributed by atoms with Crippen LogP contribution in [-0.2, 0) is 0 Å². The van der Waals surface area contributed by atoms with Crippen molar-refractivity contribution in [3.05, 3.63) is 24.1 Å². The smallest absolute Gasteiger partial charge is 0.255 e. The van der Waals surface area contributed by atoms with E-state index < -0.39 is 12.5 Å². The Labute approximate surface area is 99.4 Å². The van der Waals surface area contributed by atoms with Gasteiger partial charge in [0.1, 0.15) is 5.83 Å². The number of allylic oxidation sites excluding steroid dienone is 2. The first-order chi connectivity index (χ1) is 8.08. The number of hydrogen-bond acceptors (Lipinski definition) is 2. The Balaban J connectivity index is 1.97. The van der Waals surface area contributed by atoms with Crippen molar-refractivity contribution in [3.63, 3.8) is 0 Å². The second-order valence-corrected chi connectivity index (χ2v) is 4.63. The van der Waals surface area contributed by atoms with Crippen LogP contribution in [0.3, 0.4) is 0 Å². The lowest BCUT2D eigenvalue weighted by molar-refractivity contribution is -0.0181. The molecule has 5 heteroatoms. The molecule has 1 aliphatic heterocycles. The van der Waals surface area contributed by atoms with Gasteiger partial charge in [-0.25, -0.2) is 13.2 Å². The third-order valence-electron chi connectivity index (χ3n) is 3.52. The second-order valence-electron chi connectivity index (χ2n) is 4.63. The number of piperazine rings is 1. The Hall–Kier alpha value is -0.810. The van der Waals surface area contributed by atoms with E-state index in [2.05, 4.69) is 0 Å². The van der Waals surface area contributed by atoms with E-state index in [9.17, 15) is 13.2 Å². The minimum atomic E-state index is -2.33. The standard InChI is InChI=1S/C12H17F3N2/c1-16-6-7-17(8-11(16)12(14)15)10-4-2-9(13)3-5-10/h2-4,10-12H,5-8H2,1H3. The van der Waals surface area contributed by atoms with Gasteiger partial charge < -0.3 is 0 Å². The van der Waals surface area contributed by atoms with E-state index in [4.69, 9.17) is 0 Å². The molecule has 2 rings (SSSR count). The monoisotopic (exact) mass is 246 g/mol. The number of nitrogens with zero attached hydrogens (tertiary/aromatic N) is 2. The molecule has 0 amide bonds. The molecule has 1 fully saturated rings. The lowest BCUT2D eigenvalue weighted by atomic mass is 10.0. The second kappa shape index (κ2) is 5.23. The van der Waals surface area contributed by atoms with Gasteiger partial charge in [-0.2, -0.15) is 0 Å². The first-order valence-electron chi connectivity index (χ1n) is 5.84. The number of likely N-dealkylation sites (N-methyl/N-ethyl adjacent to an activating group) is 1. The Bertz CT molecular complexity index is 328. The maximum atomic E-state index is 12.8. The van der Waals surface area contributed by atoms with Crippen molar-refractivity contribution in [2.45, 2.75) is 24.9 Å². The molecular weight excluding hydrogens is 229 g/mol. The molecule has 1 heterocycles. The fourth-order valence-electron chi connectivity index (χ4n) is 2.35. The van der Waals surface area contributed by atoms with Gasteiger partial charge in [-0.3, -0.25) is 9.80 Å². The molecule has 1 saturated heterocycles. The van der Waals surface area contributed by atoms with Gasteiger partial charge in [-0.15, -0.1) is 0 Å². The average Bonchev–Trinajstić information content (AvgIpc) is 2.30. The highest BCUT2D eigenvalue weighted by molar-refractivity contribution is 5.19. The number of alkyl halides is 2. The van der Waals surface area contributed by atoms with Gasteiger partial charge in [0.2, 0.25) is 0 Å². The molecule has 0 spiro atoms. The predicted molar refractivity (Wildman–Crippen MR) is 60.7 cm³/mol. The summed E-state index contributed by atoms with van der Waals surface area (Å²) in [4.78, 5) is 3.71. The van der Waals surface area contributed by atoms with Crippen LogP contribution in [0.1, 0.15) is 6.42 Å². The summed E-state index contributed by atoms with van der Waals surface area (Å²) in [7, 11) is 1.73. The van der Waals surface area contributed by atoms with E-state index in [1.807, 2.05) is 4.90 Å². The molecule has 1 aliphatic carbocycles. The molecule has 17 heavy (non-hydrogen) atoms. The summed E-state index contributed by atoms with van der Waals surface area (Å²) in [6.07, 6.45) is 2.94. The number of halogens is 3. The lowest BCUT2D eigenvalue weighted by Crippen LogP contribution is -2.56. The van der Waals surface area contributed by atoms with Crippen LogP contribution in [0.15, 0.2) is 24.1 Å². The fraction of sp³-hybridized carbons (Fsp3) is 0.667. The zero-order chi connectivity index (χ0) is 12.4. The fourth-order valence-corrected chi connectivity index (χ4v) is 2.35. The summed E-state index contributed by atoms with van der Waals surface area (Å²) in [5, 5.41) is 0. The first-order valence-corrected chi connectivity index (χ1v) is 5.84. The maximum absolute atomic E-state index is 12.8. The van der Waals surface area contributed by atoms with Crippen molar-refractivity contribution < 1.29 is 13.2 Å². The van der Waals surface area contributed by atoms with E-state index in [0.29, 0.717) is 19.5 Å². The minimum absolute atomic E-state index is 0.0597. The molecule has 2 unspecified atom stereocenters. The van der Waals surface area contributed by atoms with Crippen molar-refractivity contribution in [1.82, 2.24) is 9.80 Å². The van der Waals surface area contributed by atoms with Gasteiger partial charge in [0.05, 0.1) is 6.04 Å². The molecule has 0 aromatic carbocycles. The minimum Gasteiger partial charge on any atom is -0.296 e. The van der Waals surface area contributed by atoms with E-state index in [1.54, 1.807) is 18.0 Å². The van der Waals surface area contributed by atoms with Crippen LogP contribution in [0.25, 0.3) is 0 Å². The predicted octanol–water partition coefficient (Wildman–Crippen LogP) is 2.05. The van der Waals surface area contributed by atoms with E-state index in [0.717, 1.165) is 6.54 Å². The molecule has 2 atom stereocenters. The summed E-state index contributed by atoms with van der Waals surface area (Å²) in [6, 6.07) is -0.655. The third kappa shape index (κ3) is 2.90. The normalized spacial score (nSPS) is 31.9. The molecule has 2 aliphatic rings. The molecule has 0 bridgehead atoms. The molecule has 0 N–H and O–H groups in total. The van der Waals surface area contributed by atoms with Crippen LogP contribution in [0.4, 0.5) is 13.2 Å². The van der Waals surface area contributed by atoms with Crippen molar-refractivity contribution in [2.75, 3.05) is 26.7 Å². The molecule has 0 aromatic rings. The number of hydrogen-bond donors (Lipinski definition) is 0. The molecular formula is C12H17F3N2. The third-order valence-corrected chi connectivity index (χ3v) is 3.52. The average molecular weight is 246 g/mol. The molecule has 0 aromatic heterocycles. The zero-order valence-corrected chi connectivity index (χ0v) is 9.82. The number of rotatable bonds is 2. The summed E-state index contributed by atoms with van der Waals surface area (Å²) in [6.45, 7) is 1.73. The van der Waals surface area contributed by atoms with Gasteiger partial charge in [0.25, 0.3) is 6.43 Å². The van der Waals surface area contributed by atoms with Crippen molar-refractivity contribution in [3.8, 4) is 0 Å². The maximum Gasteiger partial charge on any atom is 0.255 e. The molecule has 0 radical (unpaired) electrons. The van der Waals surface area contributed by atoms with Crippen LogP contribution in [0.5, 0.6) is 0 Å². The summed E-state index contributed by atoms with van der Waals surface area (Å²) >= 11 is 0. The van der Waals surface area contributed by atoms with Crippen molar-refractivity contribution in [1.29, 1.82) is 0 Å². The van der Waals surface area contributed by atoms with Gasteiger partial charge in [0.15, 0.2) is 0 Å². The molecule has 2 nitrogen and oxygen atoms in total. The quantitative estimate of drug-likeness (QED) is 0.735. The van der Waals surface area contributed by atoms with Gasteiger partial charge in [0, 0.05) is 25.7 Å². The van der Waals surface area contributed by atoms with Crippen molar-refractivity contribution >= 4 is 0 Å². The van der Waals surface area contributed by atoms with Crippen LogP contribution >= 0.6 is 0 Å². The Morgan fingerprint density at radius 2 is 2.12 bits per heavy atom. The first kappa shape index (κ1) is 12.6. The van der Waals surface area contributed by atoms with Crippen LogP contribution < -0.4 is 0 Å². The van der Waals surface area contributed by atoms with Crippen LogP contribution in [0, 0.1) is 0 Å². The summed E-state index contributed by atoms with van der Waals surface area (Å²) < 4.78 is 38.4. The molecule has 96 valence electrons. The topological polar surface area (TPSA) is 6.48 Å². The lowest BCUT2D eigenvalue weighted by Gasteiger charge is -2.42. The van der Waals surface area contributed by atoms with E-state index >= 15 is 0 Å². The van der Waals surface area contributed by atoms with Gasteiger partial charge in [-0.05, 0) is 25.6 Å².